The summed E-state index contributed by atoms with van der Waals surface area (Å²) in [5.74, 6) is 0. The highest BCUT2D eigenvalue weighted by Crippen LogP contribution is 2.25. The molecule has 1 saturated heterocycles. The maximum atomic E-state index is 9.72. The highest BCUT2D eigenvalue weighted by Gasteiger charge is 2.32. The zero-order valence-electron chi connectivity index (χ0n) is 15.3. The van der Waals surface area contributed by atoms with E-state index in [1.807, 2.05) is 41.3 Å². The summed E-state index contributed by atoms with van der Waals surface area (Å²) in [6.07, 6.45) is 6.85. The van der Waals surface area contributed by atoms with Gasteiger partial charge < -0.3 is 10.0 Å². The highest BCUT2D eigenvalue weighted by atomic mass is 16.3. The number of hydrogen-bond donors (Lipinski definition) is 1. The first kappa shape index (κ1) is 17.1. The normalized spacial score (nSPS) is 21.1. The first-order chi connectivity index (χ1) is 12.7. The van der Waals surface area contributed by atoms with Crippen LogP contribution in [0.2, 0.25) is 0 Å². The van der Waals surface area contributed by atoms with Crippen LogP contribution in [0.3, 0.4) is 0 Å². The summed E-state index contributed by atoms with van der Waals surface area (Å²) < 4.78 is 1.85. The third kappa shape index (κ3) is 3.23. The summed E-state index contributed by atoms with van der Waals surface area (Å²) in [5.41, 5.74) is 4.14. The van der Waals surface area contributed by atoms with E-state index in [4.69, 9.17) is 0 Å². The van der Waals surface area contributed by atoms with Crippen molar-refractivity contribution < 1.29 is 5.11 Å². The second kappa shape index (κ2) is 7.15. The first-order valence-electron chi connectivity index (χ1n) is 9.04. The molecule has 1 fully saturated rings. The van der Waals surface area contributed by atoms with Crippen molar-refractivity contribution in [3.8, 4) is 11.1 Å². The molecule has 6 nitrogen and oxygen atoms in total. The lowest BCUT2D eigenvalue weighted by atomic mass is 10.1. The minimum atomic E-state index is 0.194. The van der Waals surface area contributed by atoms with Crippen LogP contribution in [-0.2, 0) is 6.54 Å². The Hall–Kier alpha value is -2.28. The molecule has 0 saturated carbocycles. The van der Waals surface area contributed by atoms with Gasteiger partial charge in [-0.15, -0.1) is 0 Å². The number of benzene rings is 1. The van der Waals surface area contributed by atoms with Crippen molar-refractivity contribution in [1.82, 2.24) is 24.4 Å². The predicted octanol–water partition coefficient (Wildman–Crippen LogP) is 1.89. The zero-order chi connectivity index (χ0) is 18.1. The van der Waals surface area contributed by atoms with Crippen LogP contribution in [0, 0.1) is 0 Å². The van der Waals surface area contributed by atoms with E-state index in [1.165, 1.54) is 0 Å². The Morgan fingerprint density at radius 1 is 1.19 bits per heavy atom. The Labute approximate surface area is 153 Å². The molecule has 136 valence electrons. The second-order valence-corrected chi connectivity index (χ2v) is 7.27. The van der Waals surface area contributed by atoms with Gasteiger partial charge in [0.05, 0.1) is 12.8 Å². The lowest BCUT2D eigenvalue weighted by molar-refractivity contribution is 0.153. The molecule has 2 atom stereocenters. The van der Waals surface area contributed by atoms with Crippen molar-refractivity contribution in [1.29, 1.82) is 0 Å². The van der Waals surface area contributed by atoms with E-state index in [2.05, 4.69) is 46.1 Å². The Bertz CT molecular complexity index is 876. The Morgan fingerprint density at radius 2 is 2.00 bits per heavy atom. The van der Waals surface area contributed by atoms with Crippen LogP contribution < -0.4 is 0 Å². The predicted molar refractivity (Wildman–Crippen MR) is 102 cm³/mol. The van der Waals surface area contributed by atoms with Gasteiger partial charge in [-0.1, -0.05) is 30.3 Å². The molecule has 0 amide bonds. The number of aromatic nitrogens is 3. The standard InChI is InChI=1S/C20H25N5O/c1-23(2)17-8-18(14-26)24(13-17)11-15-9-21-20-19(10-22-25(20)12-15)16-6-4-3-5-7-16/h3-7,9-10,12,17-18,26H,8,11,13-14H2,1-2H3/t17-,18+/m1/s1. The molecule has 2 aromatic heterocycles. The number of rotatable bonds is 5. The molecule has 3 heterocycles. The molecule has 0 unspecified atom stereocenters. The van der Waals surface area contributed by atoms with Crippen molar-refractivity contribution in [3.63, 3.8) is 0 Å². The molecule has 0 radical (unpaired) electrons. The topological polar surface area (TPSA) is 56.9 Å². The van der Waals surface area contributed by atoms with Crippen LogP contribution in [0.25, 0.3) is 16.8 Å². The Kier molecular flexibility index (Phi) is 4.72. The van der Waals surface area contributed by atoms with Gasteiger partial charge in [0.2, 0.25) is 0 Å². The lowest BCUT2D eigenvalue weighted by Gasteiger charge is -2.22. The van der Waals surface area contributed by atoms with Gasteiger partial charge >= 0.3 is 0 Å². The van der Waals surface area contributed by atoms with Crippen molar-refractivity contribution in [3.05, 3.63) is 54.5 Å². The molecule has 1 aliphatic heterocycles. The average Bonchev–Trinajstić information content (AvgIpc) is 3.26. The fraction of sp³-hybridized carbons (Fsp3) is 0.400. The molecule has 26 heavy (non-hydrogen) atoms. The summed E-state index contributed by atoms with van der Waals surface area (Å²) in [5, 5.41) is 14.2. The van der Waals surface area contributed by atoms with Crippen molar-refractivity contribution in [2.45, 2.75) is 25.0 Å². The minimum Gasteiger partial charge on any atom is -0.395 e. The summed E-state index contributed by atoms with van der Waals surface area (Å²) in [7, 11) is 4.20. The molecule has 1 aromatic carbocycles. The monoisotopic (exact) mass is 351 g/mol. The van der Waals surface area contributed by atoms with E-state index in [-0.39, 0.29) is 12.6 Å². The third-order valence-corrected chi connectivity index (χ3v) is 5.33. The van der Waals surface area contributed by atoms with Gasteiger partial charge in [-0.05, 0) is 26.1 Å². The highest BCUT2D eigenvalue weighted by molar-refractivity contribution is 5.76. The maximum Gasteiger partial charge on any atom is 0.162 e. The van der Waals surface area contributed by atoms with E-state index in [0.29, 0.717) is 6.04 Å². The van der Waals surface area contributed by atoms with Gasteiger partial charge in [-0.25, -0.2) is 9.50 Å². The molecule has 1 aliphatic rings. The van der Waals surface area contributed by atoms with Gasteiger partial charge in [-0.3, -0.25) is 4.90 Å². The van der Waals surface area contributed by atoms with Crippen LogP contribution in [0.1, 0.15) is 12.0 Å². The number of nitrogens with zero attached hydrogens (tertiary/aromatic N) is 5. The van der Waals surface area contributed by atoms with Crippen LogP contribution in [0.15, 0.2) is 48.9 Å². The van der Waals surface area contributed by atoms with E-state index in [1.54, 1.807) is 0 Å². The van der Waals surface area contributed by atoms with Gasteiger partial charge in [0, 0.05) is 48.7 Å². The Morgan fingerprint density at radius 3 is 2.73 bits per heavy atom. The molecule has 6 heteroatoms. The number of fused-ring (bicyclic) bond motifs is 1. The van der Waals surface area contributed by atoms with E-state index in [9.17, 15) is 5.11 Å². The first-order valence-corrected chi connectivity index (χ1v) is 9.04. The largest absolute Gasteiger partial charge is 0.395 e. The number of likely N-dealkylation sites (N-methyl/N-ethyl adjacent to an activating group) is 1. The summed E-state index contributed by atoms with van der Waals surface area (Å²) in [6, 6.07) is 10.9. The van der Waals surface area contributed by atoms with Gasteiger partial charge in [0.15, 0.2) is 5.65 Å². The third-order valence-electron chi connectivity index (χ3n) is 5.33. The molecule has 1 N–H and O–H groups in total. The van der Waals surface area contributed by atoms with Crippen molar-refractivity contribution in [2.24, 2.45) is 0 Å². The number of likely N-dealkylation sites (tertiary alicyclic amines) is 1. The number of aliphatic hydroxyl groups excluding tert-OH is 1. The van der Waals surface area contributed by atoms with Crippen LogP contribution in [0.4, 0.5) is 0 Å². The molecule has 0 spiro atoms. The van der Waals surface area contributed by atoms with Gasteiger partial charge in [0.25, 0.3) is 0 Å². The maximum absolute atomic E-state index is 9.72. The van der Waals surface area contributed by atoms with E-state index >= 15 is 0 Å². The fourth-order valence-electron chi connectivity index (χ4n) is 3.77. The van der Waals surface area contributed by atoms with Gasteiger partial charge in [-0.2, -0.15) is 5.10 Å². The summed E-state index contributed by atoms with van der Waals surface area (Å²) in [4.78, 5) is 9.25. The molecule has 3 aromatic rings. The van der Waals surface area contributed by atoms with Crippen molar-refractivity contribution in [2.75, 3.05) is 27.2 Å². The fourth-order valence-corrected chi connectivity index (χ4v) is 3.77. The molecular weight excluding hydrogens is 326 g/mol. The summed E-state index contributed by atoms with van der Waals surface area (Å²) in [6.45, 7) is 1.93. The molecule has 0 aliphatic carbocycles. The molecular formula is C20H25N5O. The van der Waals surface area contributed by atoms with Crippen molar-refractivity contribution >= 4 is 5.65 Å². The quantitative estimate of drug-likeness (QED) is 0.761. The smallest absolute Gasteiger partial charge is 0.162 e. The number of hydrogen-bond acceptors (Lipinski definition) is 5. The minimum absolute atomic E-state index is 0.194. The van der Waals surface area contributed by atoms with E-state index in [0.717, 1.165) is 41.8 Å². The number of aliphatic hydroxyl groups is 1. The second-order valence-electron chi connectivity index (χ2n) is 7.27. The lowest BCUT2D eigenvalue weighted by Crippen LogP contribution is -2.33. The van der Waals surface area contributed by atoms with Crippen LogP contribution in [-0.4, -0.2) is 68.8 Å². The van der Waals surface area contributed by atoms with Gasteiger partial charge in [0.1, 0.15) is 0 Å². The van der Waals surface area contributed by atoms with Crippen LogP contribution in [0.5, 0.6) is 0 Å². The Balaban J connectivity index is 1.57. The average molecular weight is 351 g/mol. The molecule has 0 bridgehead atoms. The summed E-state index contributed by atoms with van der Waals surface area (Å²) >= 11 is 0. The van der Waals surface area contributed by atoms with Crippen LogP contribution >= 0.6 is 0 Å². The van der Waals surface area contributed by atoms with E-state index < -0.39 is 0 Å². The molecule has 4 rings (SSSR count). The zero-order valence-corrected chi connectivity index (χ0v) is 15.3. The SMILES string of the molecule is CN(C)[C@@H]1C[C@@H](CO)N(Cc2cnc3c(-c4ccccc4)cnn3c2)C1.